The Hall–Kier alpha value is -3.00. The van der Waals surface area contributed by atoms with E-state index in [0.29, 0.717) is 5.56 Å². The van der Waals surface area contributed by atoms with Gasteiger partial charge in [-0.15, -0.1) is 5.10 Å². The molecule has 1 fully saturated rings. The molecule has 0 radical (unpaired) electrons. The summed E-state index contributed by atoms with van der Waals surface area (Å²) in [5.74, 6) is -0.957. The van der Waals surface area contributed by atoms with Crippen LogP contribution in [0.4, 0.5) is 8.78 Å². The van der Waals surface area contributed by atoms with E-state index in [4.69, 9.17) is 27.9 Å². The Morgan fingerprint density at radius 2 is 1.84 bits per heavy atom. The third-order valence-electron chi connectivity index (χ3n) is 6.29. The first-order valence-electron chi connectivity index (χ1n) is 11.6. The molecule has 5 atom stereocenters. The number of rotatable bonds is 6. The highest BCUT2D eigenvalue weighted by molar-refractivity contribution is 6.31. The molecule has 14 heteroatoms. The first-order valence-corrected chi connectivity index (χ1v) is 12.3. The maximum absolute atomic E-state index is 14.7. The van der Waals surface area contributed by atoms with Gasteiger partial charge in [-0.25, -0.2) is 23.1 Å². The fraction of sp³-hybridized carbons (Fsp3) is 0.333. The summed E-state index contributed by atoms with van der Waals surface area (Å²) in [5.41, 5.74) is 0.629. The summed E-state index contributed by atoms with van der Waals surface area (Å²) in [6.45, 7) is 1.27. The Kier molecular flexibility index (Phi) is 7.45. The fourth-order valence-corrected chi connectivity index (χ4v) is 4.78. The monoisotopic (exact) mass is 566 g/mol. The smallest absolute Gasteiger partial charge is 0.164 e. The minimum Gasteiger partial charge on any atom is -0.396 e. The normalized spacial score (nSPS) is 23.6. The number of nitrogens with zero attached hydrogens (tertiary/aromatic N) is 6. The van der Waals surface area contributed by atoms with Crippen LogP contribution in [0.5, 0.6) is 0 Å². The lowest BCUT2D eigenvalue weighted by molar-refractivity contribution is -0.205. The third-order valence-corrected chi connectivity index (χ3v) is 6.83. The summed E-state index contributed by atoms with van der Waals surface area (Å²) in [6, 6.07) is 6.91. The number of halogens is 4. The molecule has 0 unspecified atom stereocenters. The minimum atomic E-state index is -1.47. The molecule has 4 aromatic rings. The third kappa shape index (κ3) is 4.91. The van der Waals surface area contributed by atoms with Gasteiger partial charge >= 0.3 is 0 Å². The second kappa shape index (κ2) is 10.6. The molecule has 1 aliphatic rings. The van der Waals surface area contributed by atoms with Gasteiger partial charge in [0.05, 0.1) is 17.3 Å². The minimum absolute atomic E-state index is 0.0157. The van der Waals surface area contributed by atoms with Crippen LogP contribution in [0.2, 0.25) is 10.0 Å². The average molecular weight is 567 g/mol. The van der Waals surface area contributed by atoms with Gasteiger partial charge in [0.2, 0.25) is 0 Å². The zero-order chi connectivity index (χ0) is 27.1. The molecule has 1 saturated heterocycles. The number of aryl methyl sites for hydroxylation is 1. The summed E-state index contributed by atoms with van der Waals surface area (Å²) < 4.78 is 37.2. The van der Waals surface area contributed by atoms with Gasteiger partial charge in [-0.3, -0.25) is 0 Å². The van der Waals surface area contributed by atoms with E-state index in [-0.39, 0.29) is 46.1 Å². The van der Waals surface area contributed by atoms with Gasteiger partial charge in [0.15, 0.2) is 5.82 Å². The molecular weight excluding hydrogens is 545 g/mol. The molecule has 1 aliphatic heterocycles. The average Bonchev–Trinajstić information content (AvgIpc) is 3.51. The van der Waals surface area contributed by atoms with Crippen molar-refractivity contribution >= 4 is 23.2 Å². The lowest BCUT2D eigenvalue weighted by Crippen LogP contribution is -2.52. The van der Waals surface area contributed by atoms with Crippen LogP contribution in [0.15, 0.2) is 42.6 Å². The van der Waals surface area contributed by atoms with Gasteiger partial charge in [0.1, 0.15) is 53.2 Å². The fourth-order valence-electron chi connectivity index (χ4n) is 4.49. The molecule has 10 nitrogen and oxygen atoms in total. The van der Waals surface area contributed by atoms with E-state index in [0.717, 1.165) is 0 Å². The summed E-state index contributed by atoms with van der Waals surface area (Å²) in [7, 11) is 0. The molecule has 2 aromatic carbocycles. The van der Waals surface area contributed by atoms with Crippen LogP contribution in [0.1, 0.15) is 30.2 Å². The predicted molar refractivity (Wildman–Crippen MR) is 132 cm³/mol. The number of aliphatic hydroxyl groups excluding tert-OH is 3. The van der Waals surface area contributed by atoms with Crippen LogP contribution >= 0.6 is 23.2 Å². The molecule has 38 heavy (non-hydrogen) atoms. The van der Waals surface area contributed by atoms with Crippen molar-refractivity contribution < 1.29 is 28.8 Å². The van der Waals surface area contributed by atoms with Crippen molar-refractivity contribution in [3.63, 3.8) is 0 Å². The van der Waals surface area contributed by atoms with Crippen LogP contribution in [-0.4, -0.2) is 70.0 Å². The van der Waals surface area contributed by atoms with E-state index in [1.807, 2.05) is 0 Å². The number of benzene rings is 2. The second-order valence-electron chi connectivity index (χ2n) is 8.82. The number of hydrogen-bond donors (Lipinski definition) is 3. The van der Waals surface area contributed by atoms with Gasteiger partial charge in [-0.05, 0) is 43.7 Å². The SMILES string of the molecule is Cc1nc([C@@H]2O[C@H](CCO)[C@H](O)[C@H](n3cc(-c4ccc(Cl)c(F)c4)nn3)[C@H]2O)n(-c2cc(Cl)ccc2F)n1. The standard InChI is InChI=1S/C24H22Cl2F2N6O4/c1-11-29-24(34(31-11)18-9-13(25)3-5-15(18)27)23-22(37)20(21(36)19(38-23)6-7-35)33-10-17(30-32-33)12-2-4-14(26)16(28)8-12/h2-5,8-10,19-23,35-37H,6-7H2,1H3/t19-,20+,21+,22-,23-/m1/s1. The van der Waals surface area contributed by atoms with Crippen molar-refractivity contribution in [1.82, 2.24) is 29.8 Å². The Bertz CT molecular complexity index is 1470. The van der Waals surface area contributed by atoms with E-state index in [1.165, 1.54) is 45.9 Å². The number of hydrogen-bond acceptors (Lipinski definition) is 8. The van der Waals surface area contributed by atoms with Crippen molar-refractivity contribution in [1.29, 1.82) is 0 Å². The van der Waals surface area contributed by atoms with Crippen LogP contribution in [-0.2, 0) is 4.74 Å². The summed E-state index contributed by atoms with van der Waals surface area (Å²) in [4.78, 5) is 4.36. The molecule has 2 aromatic heterocycles. The highest BCUT2D eigenvalue weighted by Crippen LogP contribution is 2.39. The van der Waals surface area contributed by atoms with Crippen LogP contribution in [0, 0.1) is 18.6 Å². The Morgan fingerprint density at radius 3 is 2.58 bits per heavy atom. The van der Waals surface area contributed by atoms with Gasteiger partial charge < -0.3 is 20.1 Å². The van der Waals surface area contributed by atoms with E-state index < -0.39 is 42.1 Å². The Balaban J connectivity index is 1.56. The zero-order valence-electron chi connectivity index (χ0n) is 19.8. The van der Waals surface area contributed by atoms with Crippen LogP contribution < -0.4 is 0 Å². The van der Waals surface area contributed by atoms with Crippen molar-refractivity contribution in [2.24, 2.45) is 0 Å². The first-order chi connectivity index (χ1) is 18.2. The highest BCUT2D eigenvalue weighted by atomic mass is 35.5. The van der Waals surface area contributed by atoms with Gasteiger partial charge in [-0.1, -0.05) is 34.5 Å². The molecule has 5 rings (SSSR count). The largest absolute Gasteiger partial charge is 0.396 e. The maximum Gasteiger partial charge on any atom is 0.164 e. The van der Waals surface area contributed by atoms with Crippen molar-refractivity contribution in [3.8, 4) is 16.9 Å². The first kappa shape index (κ1) is 26.6. The molecule has 0 saturated carbocycles. The molecule has 3 heterocycles. The summed E-state index contributed by atoms with van der Waals surface area (Å²) in [5, 5.41) is 44.7. The van der Waals surface area contributed by atoms with Crippen molar-refractivity contribution in [3.05, 3.63) is 75.9 Å². The van der Waals surface area contributed by atoms with E-state index in [1.54, 1.807) is 13.0 Å². The van der Waals surface area contributed by atoms with Gasteiger partial charge in [0, 0.05) is 17.2 Å². The highest BCUT2D eigenvalue weighted by Gasteiger charge is 2.48. The summed E-state index contributed by atoms with van der Waals surface area (Å²) >= 11 is 11.8. The summed E-state index contributed by atoms with van der Waals surface area (Å²) in [6.07, 6.45) is -3.53. The van der Waals surface area contributed by atoms with Gasteiger partial charge in [-0.2, -0.15) is 5.10 Å². The molecule has 0 amide bonds. The lowest BCUT2D eigenvalue weighted by atomic mass is 9.90. The Labute approximate surface area is 225 Å². The Morgan fingerprint density at radius 1 is 1.05 bits per heavy atom. The molecule has 3 N–H and O–H groups in total. The molecular formula is C24H22Cl2F2N6O4. The predicted octanol–water partition coefficient (Wildman–Crippen LogP) is 3.20. The van der Waals surface area contributed by atoms with E-state index in [2.05, 4.69) is 20.4 Å². The zero-order valence-corrected chi connectivity index (χ0v) is 21.3. The van der Waals surface area contributed by atoms with E-state index >= 15 is 0 Å². The molecule has 0 spiro atoms. The van der Waals surface area contributed by atoms with Crippen LogP contribution in [0.3, 0.4) is 0 Å². The molecule has 0 bridgehead atoms. The van der Waals surface area contributed by atoms with Crippen molar-refractivity contribution in [2.75, 3.05) is 6.61 Å². The lowest BCUT2D eigenvalue weighted by Gasteiger charge is -2.42. The quantitative estimate of drug-likeness (QED) is 0.324. The topological polar surface area (TPSA) is 131 Å². The van der Waals surface area contributed by atoms with Gasteiger partial charge in [0.25, 0.3) is 0 Å². The second-order valence-corrected chi connectivity index (χ2v) is 9.66. The molecule has 0 aliphatic carbocycles. The maximum atomic E-state index is 14.7. The number of aromatic nitrogens is 6. The van der Waals surface area contributed by atoms with Crippen molar-refractivity contribution in [2.45, 2.75) is 43.8 Å². The number of aliphatic hydroxyl groups is 3. The molecule has 200 valence electrons. The van der Waals surface area contributed by atoms with E-state index in [9.17, 15) is 24.1 Å². The number of ether oxygens (including phenoxy) is 1. The van der Waals surface area contributed by atoms with Crippen LogP contribution in [0.25, 0.3) is 16.9 Å².